The second kappa shape index (κ2) is 5.94. The molecule has 0 fully saturated rings. The largest absolute Gasteiger partial charge is 0.395 e. The van der Waals surface area contributed by atoms with Gasteiger partial charge in [0.2, 0.25) is 0 Å². The third-order valence-corrected chi connectivity index (χ3v) is 2.74. The van der Waals surface area contributed by atoms with Gasteiger partial charge < -0.3 is 10.2 Å². The van der Waals surface area contributed by atoms with Gasteiger partial charge in [0.15, 0.2) is 0 Å². The van der Waals surface area contributed by atoms with E-state index in [0.29, 0.717) is 12.1 Å². The number of hydrogen-bond donors (Lipinski definition) is 2. The first-order valence-corrected chi connectivity index (χ1v) is 5.29. The van der Waals surface area contributed by atoms with Gasteiger partial charge >= 0.3 is 0 Å². The number of halogens is 1. The van der Waals surface area contributed by atoms with Crippen molar-refractivity contribution in [2.75, 3.05) is 20.2 Å². The summed E-state index contributed by atoms with van der Waals surface area (Å²) in [6.07, 6.45) is -0.875. The van der Waals surface area contributed by atoms with E-state index in [-0.39, 0.29) is 12.6 Å². The molecular weight excluding hydrogens is 209 g/mol. The summed E-state index contributed by atoms with van der Waals surface area (Å²) in [5, 5.41) is 18.8. The summed E-state index contributed by atoms with van der Waals surface area (Å²) < 4.78 is 13.3. The summed E-state index contributed by atoms with van der Waals surface area (Å²) in [4.78, 5) is 1.79. The summed E-state index contributed by atoms with van der Waals surface area (Å²) in [6.45, 7) is 2.15. The van der Waals surface area contributed by atoms with E-state index in [0.717, 1.165) is 0 Å². The number of benzene rings is 1. The zero-order chi connectivity index (χ0) is 12.1. The molecule has 1 aromatic rings. The lowest BCUT2D eigenvalue weighted by Crippen LogP contribution is -2.35. The van der Waals surface area contributed by atoms with Crippen LogP contribution < -0.4 is 0 Å². The zero-order valence-electron chi connectivity index (χ0n) is 9.60. The maximum Gasteiger partial charge on any atom is 0.129 e. The predicted molar refractivity (Wildman–Crippen MR) is 60.5 cm³/mol. The van der Waals surface area contributed by atoms with Crippen LogP contribution in [0.25, 0.3) is 0 Å². The van der Waals surface area contributed by atoms with Gasteiger partial charge in [0.05, 0.1) is 12.7 Å². The third-order valence-electron chi connectivity index (χ3n) is 2.74. The second-order valence-corrected chi connectivity index (χ2v) is 4.01. The number of hydrogen-bond acceptors (Lipinski definition) is 3. The molecule has 0 aromatic heterocycles. The highest BCUT2D eigenvalue weighted by atomic mass is 19.1. The van der Waals surface area contributed by atoms with Crippen molar-refractivity contribution in [2.45, 2.75) is 19.1 Å². The zero-order valence-corrected chi connectivity index (χ0v) is 9.60. The SMILES string of the molecule is CC(CO)N(C)CC(O)c1ccccc1F. The van der Waals surface area contributed by atoms with Crippen LogP contribution in [0.2, 0.25) is 0 Å². The standard InChI is InChI=1S/C12H18FNO2/c1-9(8-15)14(2)7-12(16)10-5-3-4-6-11(10)13/h3-6,9,12,15-16H,7-8H2,1-2H3. The first-order valence-electron chi connectivity index (χ1n) is 5.29. The van der Waals surface area contributed by atoms with Crippen molar-refractivity contribution in [3.05, 3.63) is 35.6 Å². The summed E-state index contributed by atoms with van der Waals surface area (Å²) in [7, 11) is 1.78. The quantitative estimate of drug-likeness (QED) is 0.793. The minimum atomic E-state index is -0.875. The van der Waals surface area contributed by atoms with E-state index in [4.69, 9.17) is 5.11 Å². The van der Waals surface area contributed by atoms with Crippen LogP contribution in [0.15, 0.2) is 24.3 Å². The van der Waals surface area contributed by atoms with Crippen molar-refractivity contribution in [3.8, 4) is 0 Å². The van der Waals surface area contributed by atoms with Gasteiger partial charge in [-0.15, -0.1) is 0 Å². The molecule has 0 aliphatic carbocycles. The molecule has 3 nitrogen and oxygen atoms in total. The van der Waals surface area contributed by atoms with Gasteiger partial charge in [-0.2, -0.15) is 0 Å². The summed E-state index contributed by atoms with van der Waals surface area (Å²) >= 11 is 0. The monoisotopic (exact) mass is 227 g/mol. The van der Waals surface area contributed by atoms with Gasteiger partial charge in [0.25, 0.3) is 0 Å². The normalized spacial score (nSPS) is 15.1. The molecule has 2 atom stereocenters. The fourth-order valence-electron chi connectivity index (χ4n) is 1.44. The van der Waals surface area contributed by atoms with E-state index in [9.17, 15) is 9.50 Å². The smallest absolute Gasteiger partial charge is 0.129 e. The lowest BCUT2D eigenvalue weighted by molar-refractivity contribution is 0.0842. The van der Waals surface area contributed by atoms with Gasteiger partial charge in [-0.3, -0.25) is 4.90 Å². The van der Waals surface area contributed by atoms with Gasteiger partial charge in [-0.25, -0.2) is 4.39 Å². The summed E-state index contributed by atoms with van der Waals surface area (Å²) in [5.74, 6) is -0.403. The third kappa shape index (κ3) is 3.27. The Labute approximate surface area is 95.1 Å². The molecule has 1 aromatic carbocycles. The Hall–Kier alpha value is -0.970. The van der Waals surface area contributed by atoms with Gasteiger partial charge in [0, 0.05) is 18.2 Å². The molecule has 0 spiro atoms. The Bertz CT molecular complexity index is 333. The van der Waals surface area contributed by atoms with Crippen molar-refractivity contribution in [3.63, 3.8) is 0 Å². The van der Waals surface area contributed by atoms with Crippen molar-refractivity contribution in [2.24, 2.45) is 0 Å². The maximum absolute atomic E-state index is 13.3. The Morgan fingerprint density at radius 1 is 1.38 bits per heavy atom. The molecule has 16 heavy (non-hydrogen) atoms. The number of rotatable bonds is 5. The van der Waals surface area contributed by atoms with Crippen molar-refractivity contribution < 1.29 is 14.6 Å². The molecule has 0 bridgehead atoms. The van der Waals surface area contributed by atoms with Crippen LogP contribution in [0, 0.1) is 5.82 Å². The van der Waals surface area contributed by atoms with Crippen LogP contribution in [-0.4, -0.2) is 41.4 Å². The molecule has 2 N–H and O–H groups in total. The van der Waals surface area contributed by atoms with Crippen LogP contribution >= 0.6 is 0 Å². The topological polar surface area (TPSA) is 43.7 Å². The minimum absolute atomic E-state index is 0.0144. The van der Waals surface area contributed by atoms with Crippen LogP contribution in [0.4, 0.5) is 4.39 Å². The Morgan fingerprint density at radius 2 is 2.00 bits per heavy atom. The van der Waals surface area contributed by atoms with Crippen molar-refractivity contribution in [1.82, 2.24) is 4.90 Å². The molecule has 0 aliphatic heterocycles. The molecule has 0 heterocycles. The molecule has 90 valence electrons. The second-order valence-electron chi connectivity index (χ2n) is 4.01. The fourth-order valence-corrected chi connectivity index (χ4v) is 1.44. The van der Waals surface area contributed by atoms with E-state index in [1.54, 1.807) is 30.1 Å². The van der Waals surface area contributed by atoms with E-state index < -0.39 is 11.9 Å². The Kier molecular flexibility index (Phi) is 4.86. The Morgan fingerprint density at radius 3 is 2.56 bits per heavy atom. The summed E-state index contributed by atoms with van der Waals surface area (Å²) in [6, 6.07) is 6.12. The molecular formula is C12H18FNO2. The van der Waals surface area contributed by atoms with Crippen molar-refractivity contribution in [1.29, 1.82) is 0 Å². The average Bonchev–Trinajstić information content (AvgIpc) is 2.28. The first kappa shape index (κ1) is 13.1. The van der Waals surface area contributed by atoms with E-state index in [1.807, 2.05) is 6.92 Å². The minimum Gasteiger partial charge on any atom is -0.395 e. The van der Waals surface area contributed by atoms with Crippen LogP contribution in [0.3, 0.4) is 0 Å². The predicted octanol–water partition coefficient (Wildman–Crippen LogP) is 1.17. The van der Waals surface area contributed by atoms with E-state index in [1.165, 1.54) is 6.07 Å². The molecule has 1 rings (SSSR count). The molecule has 2 unspecified atom stereocenters. The average molecular weight is 227 g/mol. The Balaban J connectivity index is 2.65. The summed E-state index contributed by atoms with van der Waals surface area (Å²) in [5.41, 5.74) is 0.291. The molecule has 0 amide bonds. The van der Waals surface area contributed by atoms with Gasteiger partial charge in [0.1, 0.15) is 5.82 Å². The highest BCUT2D eigenvalue weighted by Crippen LogP contribution is 2.17. The number of aliphatic hydroxyl groups excluding tert-OH is 2. The van der Waals surface area contributed by atoms with E-state index in [2.05, 4.69) is 0 Å². The molecule has 4 heteroatoms. The number of nitrogens with zero attached hydrogens (tertiary/aromatic N) is 1. The lowest BCUT2D eigenvalue weighted by Gasteiger charge is -2.25. The first-order chi connectivity index (χ1) is 7.56. The highest BCUT2D eigenvalue weighted by Gasteiger charge is 2.16. The fraction of sp³-hybridized carbons (Fsp3) is 0.500. The lowest BCUT2D eigenvalue weighted by atomic mass is 10.1. The molecule has 0 aliphatic rings. The molecule has 0 radical (unpaired) electrons. The highest BCUT2D eigenvalue weighted by molar-refractivity contribution is 5.20. The molecule has 0 saturated heterocycles. The van der Waals surface area contributed by atoms with E-state index >= 15 is 0 Å². The van der Waals surface area contributed by atoms with Gasteiger partial charge in [-0.05, 0) is 20.0 Å². The number of likely N-dealkylation sites (N-methyl/N-ethyl adjacent to an activating group) is 1. The van der Waals surface area contributed by atoms with Crippen LogP contribution in [0.1, 0.15) is 18.6 Å². The van der Waals surface area contributed by atoms with Crippen LogP contribution in [-0.2, 0) is 0 Å². The maximum atomic E-state index is 13.3. The molecule has 0 saturated carbocycles. The van der Waals surface area contributed by atoms with Gasteiger partial charge in [-0.1, -0.05) is 18.2 Å². The van der Waals surface area contributed by atoms with Crippen molar-refractivity contribution >= 4 is 0 Å². The number of aliphatic hydroxyl groups is 2. The van der Waals surface area contributed by atoms with Crippen LogP contribution in [0.5, 0.6) is 0 Å².